The van der Waals surface area contributed by atoms with E-state index in [0.29, 0.717) is 6.42 Å². The van der Waals surface area contributed by atoms with Crippen molar-refractivity contribution < 1.29 is 116 Å². The first-order valence-corrected chi connectivity index (χ1v) is 46.7. The zero-order valence-electron chi connectivity index (χ0n) is 81.7. The van der Waals surface area contributed by atoms with Crippen molar-refractivity contribution >= 4 is 148 Å². The van der Waals surface area contributed by atoms with E-state index in [4.69, 9.17) is 72.6 Å². The highest BCUT2D eigenvalue weighted by atomic mass is 16.4. The second-order valence-electron chi connectivity index (χ2n) is 34.2. The van der Waals surface area contributed by atoms with Gasteiger partial charge in [0.15, 0.2) is 23.8 Å². The fourth-order valence-corrected chi connectivity index (χ4v) is 13.6. The Hall–Kier alpha value is -15.0. The third-order valence-corrected chi connectivity index (χ3v) is 21.7. The van der Waals surface area contributed by atoms with Gasteiger partial charge in [-0.05, 0) is 155 Å². The van der Waals surface area contributed by atoms with Crippen LogP contribution < -0.4 is 158 Å². The second kappa shape index (κ2) is 68.2. The van der Waals surface area contributed by atoms with Crippen LogP contribution in [0.4, 0.5) is 0 Å². The van der Waals surface area contributed by atoms with Gasteiger partial charge in [0.1, 0.15) is 90.6 Å². The molecule has 0 spiro atoms. The van der Waals surface area contributed by atoms with Crippen molar-refractivity contribution in [2.24, 2.45) is 57.7 Å². The molecule has 0 saturated heterocycles. The van der Waals surface area contributed by atoms with Crippen molar-refractivity contribution in [2.45, 2.75) is 293 Å². The van der Waals surface area contributed by atoms with Crippen LogP contribution in [0.2, 0.25) is 0 Å². The van der Waals surface area contributed by atoms with Crippen molar-refractivity contribution in [1.82, 2.24) is 122 Å². The van der Waals surface area contributed by atoms with Crippen LogP contribution in [-0.4, -0.2) is 322 Å². The number of H-pyrrole nitrogens is 1. The van der Waals surface area contributed by atoms with Gasteiger partial charge in [0.05, 0.1) is 31.2 Å². The largest absolute Gasteiger partial charge is 0.481 e. The predicted octanol–water partition coefficient (Wildman–Crippen LogP) is -12.6. The van der Waals surface area contributed by atoms with Crippen molar-refractivity contribution in [2.75, 3.05) is 52.4 Å². The van der Waals surface area contributed by atoms with Crippen molar-refractivity contribution in [3.8, 4) is 0 Å². The van der Waals surface area contributed by atoms with E-state index in [-0.39, 0.29) is 154 Å². The molecular formula is C84H149N35O24. The number of carbonyl (C=O) groups excluding carboxylic acids is 19. The topological polar surface area (TPSA) is 1000 Å². The molecule has 0 radical (unpaired) electrons. The lowest BCUT2D eigenvalue weighted by molar-refractivity contribution is -0.139. The maximum atomic E-state index is 14.5. The predicted molar refractivity (Wildman–Crippen MR) is 514 cm³/mol. The van der Waals surface area contributed by atoms with Gasteiger partial charge < -0.3 is 178 Å². The Labute approximate surface area is 825 Å². The van der Waals surface area contributed by atoms with Crippen LogP contribution in [0.1, 0.15) is 196 Å². The van der Waals surface area contributed by atoms with Gasteiger partial charge in [0, 0.05) is 65.0 Å². The van der Waals surface area contributed by atoms with E-state index in [1.54, 1.807) is 13.8 Å². The van der Waals surface area contributed by atoms with Crippen LogP contribution in [0.3, 0.4) is 0 Å². The van der Waals surface area contributed by atoms with E-state index in [1.165, 1.54) is 40.2 Å². The van der Waals surface area contributed by atoms with Crippen LogP contribution in [-0.2, 0) is 107 Å². The zero-order chi connectivity index (χ0) is 108. The van der Waals surface area contributed by atoms with Crippen molar-refractivity contribution in [1.29, 1.82) is 21.6 Å². The normalized spacial score (nSPS) is 14.5. The molecule has 143 heavy (non-hydrogen) atoms. The Morgan fingerprint density at radius 1 is 0.350 bits per heavy atom. The molecule has 804 valence electrons. The standard InChI is InChI=1S/C84H149N35O24/c1-9-42(4)64(78(141)102-38-59(123)108-50(21-15-33-99-82(91)92)71(134)110-48(66(88)129)25-28-61(125)126)118-68(131)44(6)105-69(132)53(22-16-34-100-83(93)94)116-80(143)63(41(2)3)117-67(130)43(5)106-77(140)57(36-47-37-97-40-104-47)109-60(124)39-103-79(142)65(45(7)120)119-76(139)52(19-11-13-31-86)112-74(137)55(24-27-58(87)122)114-75(138)56(26-29-62(127)128)115-72(135)51(18-10-12-30-85)111-73(136)54(23-17-35-101-84(95)96)113-70(133)49(107-46(8)121)20-14-32-98-81(89)90/h37,40-45,48-57,63-65,120H,9-36,38-39,85-86H2,1-8H3,(H2,87,122)(H2,88,129)(H,97,104)(H,102,141)(H,103,142)(H,105,132)(H,106,140)(H,107,121)(H,108,123)(H,109,124)(H,110,134)(H,111,136)(H,112,137)(H,113,133)(H,114,138)(H,115,135)(H,116,143)(H,117,130)(H,118,131)(H,119,139)(H,125,126)(H,127,128)(H4,89,90,98)(H4,91,92,99)(H4,93,94,100)(H4,95,96,101)/t42-,43-,44-,45+,48-,49-,50-,51-,52-,53-,54-,55-,56-,57-,63-,64-,65-/m0/s1. The molecule has 0 aliphatic carbocycles. The Morgan fingerprint density at radius 3 is 0.993 bits per heavy atom. The molecule has 0 unspecified atom stereocenters. The monoisotopic (exact) mass is 2030 g/mol. The number of aromatic amines is 1. The molecule has 0 aliphatic heterocycles. The Bertz CT molecular complexity index is 4450. The van der Waals surface area contributed by atoms with Crippen molar-refractivity contribution in [3.63, 3.8) is 0 Å². The number of amides is 19. The van der Waals surface area contributed by atoms with E-state index < -0.39 is 296 Å². The van der Waals surface area contributed by atoms with Crippen LogP contribution in [0.5, 0.6) is 0 Å². The minimum absolute atomic E-state index is 0.00139. The highest BCUT2D eigenvalue weighted by Gasteiger charge is 2.40. The molecule has 19 amide bonds. The van der Waals surface area contributed by atoms with Gasteiger partial charge >= 0.3 is 11.9 Å². The molecule has 1 rings (SSSR count). The lowest BCUT2D eigenvalue weighted by Crippen LogP contribution is -2.61. The van der Waals surface area contributed by atoms with Crippen molar-refractivity contribution in [3.05, 3.63) is 18.2 Å². The number of rotatable bonds is 73. The van der Waals surface area contributed by atoms with E-state index in [2.05, 4.69) is 122 Å². The van der Waals surface area contributed by atoms with Gasteiger partial charge in [-0.3, -0.25) is 122 Å². The second-order valence-corrected chi connectivity index (χ2v) is 34.2. The maximum Gasteiger partial charge on any atom is 0.303 e. The minimum atomic E-state index is -1.93. The summed E-state index contributed by atoms with van der Waals surface area (Å²) >= 11 is 0. The average Bonchev–Trinajstić information content (AvgIpc) is 1.24. The number of hydrogen-bond donors (Lipinski definition) is 37. The Kier molecular flexibility index (Phi) is 60.1. The first kappa shape index (κ1) is 126. The number of nitrogens with zero attached hydrogens (tertiary/aromatic N) is 1. The summed E-state index contributed by atoms with van der Waals surface area (Å²) in [6.07, 6.45) is -2.50. The minimum Gasteiger partial charge on any atom is -0.481 e. The lowest BCUT2D eigenvalue weighted by atomic mass is 9.98. The quantitative estimate of drug-likeness (QED) is 0.0164. The fourth-order valence-electron chi connectivity index (χ4n) is 13.6. The first-order valence-electron chi connectivity index (χ1n) is 46.7. The van der Waals surface area contributed by atoms with Gasteiger partial charge in [-0.15, -0.1) is 0 Å². The number of aliphatic hydroxyl groups excluding tert-OH is 1. The maximum absolute atomic E-state index is 14.5. The number of carboxylic acid groups (broad SMARTS) is 2. The number of nitrogens with two attached hydrogens (primary N) is 8. The molecule has 0 fully saturated rings. The van der Waals surface area contributed by atoms with Gasteiger partial charge in [-0.25, -0.2) is 4.98 Å². The molecule has 1 aromatic heterocycles. The van der Waals surface area contributed by atoms with Crippen LogP contribution in [0, 0.1) is 33.5 Å². The molecular weight excluding hydrogens is 1880 g/mol. The van der Waals surface area contributed by atoms with E-state index in [0.717, 1.165) is 13.8 Å². The number of guanidine groups is 4. The number of nitrogens with one attached hydrogen (secondary N) is 26. The summed E-state index contributed by atoms with van der Waals surface area (Å²) in [7, 11) is 0. The number of aliphatic hydroxyl groups is 1. The summed E-state index contributed by atoms with van der Waals surface area (Å²) in [6, 6.07) is -23.2. The van der Waals surface area contributed by atoms with E-state index >= 15 is 0 Å². The molecule has 0 saturated carbocycles. The van der Waals surface area contributed by atoms with Gasteiger partial charge in [-0.1, -0.05) is 34.1 Å². The average molecular weight is 2030 g/mol. The zero-order valence-corrected chi connectivity index (χ0v) is 81.7. The molecule has 59 heteroatoms. The summed E-state index contributed by atoms with van der Waals surface area (Å²) in [5.41, 5.74) is 44.3. The molecule has 1 aromatic rings. The summed E-state index contributed by atoms with van der Waals surface area (Å²) in [4.78, 5) is 292. The number of hydrogen-bond acceptors (Lipinski definition) is 29. The number of unbranched alkanes of at least 4 members (excludes halogenated alkanes) is 2. The fraction of sp³-hybridized carbons (Fsp3) is 0.667. The van der Waals surface area contributed by atoms with Gasteiger partial charge in [-0.2, -0.15) is 0 Å². The number of carboxylic acids is 2. The van der Waals surface area contributed by atoms with Crippen LogP contribution in [0.25, 0.3) is 0 Å². The molecule has 59 nitrogen and oxygen atoms in total. The molecule has 0 aromatic carbocycles. The van der Waals surface area contributed by atoms with Crippen LogP contribution >= 0.6 is 0 Å². The number of aliphatic carboxylic acids is 2. The summed E-state index contributed by atoms with van der Waals surface area (Å²) in [5.74, 6) is -24.7. The third kappa shape index (κ3) is 53.3. The van der Waals surface area contributed by atoms with Gasteiger partial charge in [0.25, 0.3) is 0 Å². The number of primary amides is 2. The highest BCUT2D eigenvalue weighted by Crippen LogP contribution is 2.15. The number of carbonyl (C=O) groups is 21. The number of imidazole rings is 1. The third-order valence-electron chi connectivity index (χ3n) is 21.7. The van der Waals surface area contributed by atoms with E-state index in [9.17, 15) is 111 Å². The van der Waals surface area contributed by atoms with Gasteiger partial charge in [0.2, 0.25) is 112 Å². The first-order chi connectivity index (χ1) is 67.2. The highest BCUT2D eigenvalue weighted by molar-refractivity contribution is 6.01. The SMILES string of the molecule is CC[C@H](C)[C@H](NC(=O)[C@H](C)NC(=O)[C@H](CCCNC(=N)N)NC(=O)[C@@H](NC(=O)[C@H](C)NC(=O)[C@H](Cc1c[nH]cn1)NC(=O)CNC(=O)[C@@H](NC(=O)[C@H](CCCCN)NC(=O)[C@H](CCC(N)=O)NC(=O)[C@H](CCC(=O)O)NC(=O)[C@H](CCCCN)NC(=O)[C@H](CCCNC(=N)N)NC(=O)[C@H](CCCNC(=N)N)NC(C)=O)[C@@H](C)O)C(C)C)C(=O)NCC(=O)N[C@@H](CCCNC(=N)N)C(=O)N[C@@H](CCC(=O)O)C(N)=O. The molecule has 45 N–H and O–H groups in total. The van der Waals surface area contributed by atoms with E-state index in [1.807, 2.05) is 0 Å². The summed E-state index contributed by atoms with van der Waals surface area (Å²) < 4.78 is 0. The number of aromatic nitrogens is 2. The summed E-state index contributed by atoms with van der Waals surface area (Å²) in [5, 5.41) is 112. The molecule has 0 aliphatic rings. The Morgan fingerprint density at radius 2 is 0.657 bits per heavy atom. The van der Waals surface area contributed by atoms with Crippen LogP contribution in [0.15, 0.2) is 12.5 Å². The smallest absolute Gasteiger partial charge is 0.303 e. The molecule has 1 heterocycles. The lowest BCUT2D eigenvalue weighted by Gasteiger charge is -2.28. The molecule has 0 bridgehead atoms. The Balaban J connectivity index is 3.55. The molecule has 17 atom stereocenters. The summed E-state index contributed by atoms with van der Waals surface area (Å²) in [6.45, 7) is 9.68.